The quantitative estimate of drug-likeness (QED) is 0.599. The van der Waals surface area contributed by atoms with Crippen LogP contribution in [0.15, 0.2) is 60.0 Å². The fourth-order valence-electron chi connectivity index (χ4n) is 3.03. The third-order valence-corrected chi connectivity index (χ3v) is 5.63. The topological polar surface area (TPSA) is 48.4 Å². The smallest absolute Gasteiger partial charge is 0.316 e. The summed E-state index contributed by atoms with van der Waals surface area (Å²) in [6, 6.07) is 17.7. The van der Waals surface area contributed by atoms with Crippen LogP contribution in [0.1, 0.15) is 24.1 Å². The number of thiazole rings is 1. The molecule has 1 aliphatic rings. The summed E-state index contributed by atoms with van der Waals surface area (Å²) in [4.78, 5) is 17.2. The first-order valence-electron chi connectivity index (χ1n) is 8.53. The first-order valence-corrected chi connectivity index (χ1v) is 9.41. The highest BCUT2D eigenvalue weighted by Crippen LogP contribution is 2.49. The molecule has 0 atom stereocenters. The molecule has 0 spiro atoms. The first-order chi connectivity index (χ1) is 12.7. The van der Waals surface area contributed by atoms with Gasteiger partial charge in [-0.05, 0) is 30.5 Å². The van der Waals surface area contributed by atoms with Crippen molar-refractivity contribution in [2.75, 3.05) is 7.11 Å². The van der Waals surface area contributed by atoms with E-state index in [4.69, 9.17) is 9.47 Å². The highest BCUT2D eigenvalue weighted by atomic mass is 32.1. The van der Waals surface area contributed by atoms with E-state index in [0.29, 0.717) is 0 Å². The van der Waals surface area contributed by atoms with Crippen molar-refractivity contribution >= 4 is 17.3 Å². The molecule has 3 aromatic rings. The predicted octanol–water partition coefficient (Wildman–Crippen LogP) is 4.59. The zero-order chi connectivity index (χ0) is 18.0. The van der Waals surface area contributed by atoms with Crippen LogP contribution in [0.5, 0.6) is 5.75 Å². The summed E-state index contributed by atoms with van der Waals surface area (Å²) in [5.41, 5.74) is 2.35. The van der Waals surface area contributed by atoms with Crippen LogP contribution in [0.3, 0.4) is 0 Å². The minimum absolute atomic E-state index is 0.153. The molecule has 0 bridgehead atoms. The highest BCUT2D eigenvalue weighted by Gasteiger charge is 2.52. The number of methoxy groups -OCH3 is 1. The summed E-state index contributed by atoms with van der Waals surface area (Å²) in [7, 11) is 1.65. The van der Waals surface area contributed by atoms with E-state index in [0.717, 1.165) is 40.4 Å². The molecule has 0 radical (unpaired) electrons. The molecule has 1 heterocycles. The third-order valence-electron chi connectivity index (χ3n) is 4.69. The fraction of sp³-hybridized carbons (Fsp3) is 0.238. The Kier molecular flexibility index (Phi) is 4.47. The van der Waals surface area contributed by atoms with Gasteiger partial charge >= 0.3 is 5.97 Å². The standard InChI is InChI=1S/C21H19NO3S/c1-24-18-9-5-6-15(12-18)19-22-17(14-26-19)13-25-20(23)21(10-11-21)16-7-3-2-4-8-16/h2-9,12,14H,10-11,13H2,1H3. The maximum atomic E-state index is 12.6. The molecule has 26 heavy (non-hydrogen) atoms. The molecule has 5 heteroatoms. The summed E-state index contributed by atoms with van der Waals surface area (Å²) in [5.74, 6) is 0.642. The molecular formula is C21H19NO3S. The van der Waals surface area contributed by atoms with E-state index in [1.54, 1.807) is 7.11 Å². The van der Waals surface area contributed by atoms with Crippen LogP contribution in [0.4, 0.5) is 0 Å². The van der Waals surface area contributed by atoms with Crippen molar-refractivity contribution in [1.29, 1.82) is 0 Å². The monoisotopic (exact) mass is 365 g/mol. The Hall–Kier alpha value is -2.66. The number of carbonyl (C=O) groups excluding carboxylic acids is 1. The maximum Gasteiger partial charge on any atom is 0.316 e. The number of hydrogen-bond acceptors (Lipinski definition) is 5. The number of nitrogens with zero attached hydrogens (tertiary/aromatic N) is 1. The minimum Gasteiger partial charge on any atom is -0.497 e. The molecule has 0 saturated heterocycles. The molecule has 0 unspecified atom stereocenters. The van der Waals surface area contributed by atoms with Crippen molar-refractivity contribution in [3.05, 3.63) is 71.2 Å². The fourth-order valence-corrected chi connectivity index (χ4v) is 3.83. The van der Waals surface area contributed by atoms with Gasteiger partial charge in [-0.15, -0.1) is 11.3 Å². The molecular weight excluding hydrogens is 346 g/mol. The van der Waals surface area contributed by atoms with Gasteiger partial charge in [0.05, 0.1) is 18.2 Å². The van der Waals surface area contributed by atoms with Gasteiger partial charge in [-0.25, -0.2) is 4.98 Å². The van der Waals surface area contributed by atoms with Gasteiger partial charge < -0.3 is 9.47 Å². The Morgan fingerprint density at radius 2 is 1.96 bits per heavy atom. The van der Waals surface area contributed by atoms with Gasteiger partial charge in [-0.2, -0.15) is 0 Å². The summed E-state index contributed by atoms with van der Waals surface area (Å²) in [6.45, 7) is 0.202. The molecule has 0 aliphatic heterocycles. The Morgan fingerprint density at radius 1 is 1.15 bits per heavy atom. The van der Waals surface area contributed by atoms with Crippen molar-refractivity contribution in [2.24, 2.45) is 0 Å². The SMILES string of the molecule is COc1cccc(-c2nc(COC(=O)C3(c4ccccc4)CC3)cs2)c1. The lowest BCUT2D eigenvalue weighted by molar-refractivity contribution is -0.148. The van der Waals surface area contributed by atoms with E-state index in [9.17, 15) is 4.79 Å². The number of carbonyl (C=O) groups is 1. The van der Waals surface area contributed by atoms with Crippen molar-refractivity contribution < 1.29 is 14.3 Å². The minimum atomic E-state index is -0.451. The van der Waals surface area contributed by atoms with E-state index in [-0.39, 0.29) is 12.6 Å². The van der Waals surface area contributed by atoms with E-state index in [1.165, 1.54) is 11.3 Å². The number of ether oxygens (including phenoxy) is 2. The second-order valence-corrected chi connectivity index (χ2v) is 7.26. The number of hydrogen-bond donors (Lipinski definition) is 0. The van der Waals surface area contributed by atoms with E-state index < -0.39 is 5.41 Å². The van der Waals surface area contributed by atoms with Crippen LogP contribution in [0.2, 0.25) is 0 Å². The molecule has 2 aromatic carbocycles. The highest BCUT2D eigenvalue weighted by molar-refractivity contribution is 7.13. The van der Waals surface area contributed by atoms with Gasteiger partial charge in [-0.3, -0.25) is 4.79 Å². The van der Waals surface area contributed by atoms with Crippen LogP contribution in [0, 0.1) is 0 Å². The largest absolute Gasteiger partial charge is 0.497 e. The summed E-state index contributed by atoms with van der Waals surface area (Å²) < 4.78 is 10.8. The average molecular weight is 365 g/mol. The van der Waals surface area contributed by atoms with Crippen LogP contribution < -0.4 is 4.74 Å². The van der Waals surface area contributed by atoms with Crippen LogP contribution in [-0.4, -0.2) is 18.1 Å². The molecule has 132 valence electrons. The first kappa shape index (κ1) is 16.8. The second kappa shape index (κ2) is 6.92. The Balaban J connectivity index is 1.43. The van der Waals surface area contributed by atoms with Gasteiger partial charge in [0.1, 0.15) is 17.4 Å². The lowest BCUT2D eigenvalue weighted by atomic mass is 9.96. The van der Waals surface area contributed by atoms with Crippen molar-refractivity contribution in [2.45, 2.75) is 24.9 Å². The molecule has 0 N–H and O–H groups in total. The lowest BCUT2D eigenvalue weighted by Gasteiger charge is -2.14. The van der Waals surface area contributed by atoms with Crippen LogP contribution in [0.25, 0.3) is 10.6 Å². The number of rotatable bonds is 6. The lowest BCUT2D eigenvalue weighted by Crippen LogP contribution is -2.23. The Bertz CT molecular complexity index is 916. The number of aromatic nitrogens is 1. The summed E-state index contributed by atoms with van der Waals surface area (Å²) in [5, 5.41) is 2.82. The van der Waals surface area contributed by atoms with Crippen molar-refractivity contribution in [1.82, 2.24) is 4.98 Å². The summed E-state index contributed by atoms with van der Waals surface area (Å²) in [6.07, 6.45) is 1.70. The van der Waals surface area contributed by atoms with Crippen molar-refractivity contribution in [3.63, 3.8) is 0 Å². The number of esters is 1. The molecule has 1 fully saturated rings. The third kappa shape index (κ3) is 3.22. The van der Waals surface area contributed by atoms with Gasteiger partial charge in [0, 0.05) is 10.9 Å². The van der Waals surface area contributed by atoms with E-state index in [1.807, 2.05) is 60.0 Å². The average Bonchev–Trinajstić information content (AvgIpc) is 3.38. The van der Waals surface area contributed by atoms with Gasteiger partial charge in [0.2, 0.25) is 0 Å². The molecule has 4 rings (SSSR count). The van der Waals surface area contributed by atoms with E-state index in [2.05, 4.69) is 4.98 Å². The van der Waals surface area contributed by atoms with E-state index >= 15 is 0 Å². The molecule has 1 saturated carbocycles. The zero-order valence-electron chi connectivity index (χ0n) is 14.5. The molecule has 0 amide bonds. The van der Waals surface area contributed by atoms with Gasteiger partial charge in [0.25, 0.3) is 0 Å². The number of benzene rings is 2. The Morgan fingerprint density at radius 3 is 2.69 bits per heavy atom. The summed E-state index contributed by atoms with van der Waals surface area (Å²) >= 11 is 1.54. The molecule has 4 nitrogen and oxygen atoms in total. The van der Waals surface area contributed by atoms with Crippen LogP contribution in [-0.2, 0) is 21.6 Å². The Labute approximate surface area is 156 Å². The molecule has 1 aliphatic carbocycles. The normalized spacial score (nSPS) is 14.7. The van der Waals surface area contributed by atoms with Crippen molar-refractivity contribution in [3.8, 4) is 16.3 Å². The maximum absolute atomic E-state index is 12.6. The molecule has 1 aromatic heterocycles. The van der Waals surface area contributed by atoms with Gasteiger partial charge in [-0.1, -0.05) is 42.5 Å². The predicted molar refractivity (Wildman–Crippen MR) is 101 cm³/mol. The zero-order valence-corrected chi connectivity index (χ0v) is 15.3. The second-order valence-electron chi connectivity index (χ2n) is 6.40. The van der Waals surface area contributed by atoms with Crippen LogP contribution >= 0.6 is 11.3 Å². The van der Waals surface area contributed by atoms with Gasteiger partial charge in [0.15, 0.2) is 0 Å².